The molecule has 1 unspecified atom stereocenters. The molecule has 0 spiro atoms. The number of methoxy groups -OCH3 is 1. The second-order valence-electron chi connectivity index (χ2n) is 8.52. The summed E-state index contributed by atoms with van der Waals surface area (Å²) in [4.78, 5) is 56.1. The largest absolute Gasteiger partial charge is 0.452 e. The molecule has 9 nitrogen and oxygen atoms in total. The van der Waals surface area contributed by atoms with Crippen LogP contribution in [0.15, 0.2) is 71.8 Å². The van der Waals surface area contributed by atoms with Gasteiger partial charge in [0.1, 0.15) is 12.2 Å². The van der Waals surface area contributed by atoms with E-state index in [0.717, 1.165) is 16.6 Å². The summed E-state index contributed by atoms with van der Waals surface area (Å²) >= 11 is 0. The summed E-state index contributed by atoms with van der Waals surface area (Å²) in [5, 5.41) is 2.11. The molecule has 0 radical (unpaired) electrons. The summed E-state index contributed by atoms with van der Waals surface area (Å²) in [5.41, 5.74) is 0.0684. The highest BCUT2D eigenvalue weighted by atomic mass is 19.4. The molecule has 38 heavy (non-hydrogen) atoms. The van der Waals surface area contributed by atoms with Gasteiger partial charge in [-0.05, 0) is 35.7 Å². The Balaban J connectivity index is 2.11. The number of benzene rings is 1. The fraction of sp³-hybridized carbons (Fsp3) is 0.269. The van der Waals surface area contributed by atoms with E-state index in [4.69, 9.17) is 4.74 Å². The molecule has 2 aromatic heterocycles. The number of nitrogens with zero attached hydrogens (tertiary/aromatic N) is 3. The number of carbonyl (C=O) groups is 3. The number of aromatic nitrogens is 2. The van der Waals surface area contributed by atoms with Crippen LogP contribution in [0, 0.1) is 5.92 Å². The van der Waals surface area contributed by atoms with Gasteiger partial charge in [-0.3, -0.25) is 23.9 Å². The van der Waals surface area contributed by atoms with E-state index < -0.39 is 48.0 Å². The van der Waals surface area contributed by atoms with E-state index in [0.29, 0.717) is 5.56 Å². The zero-order valence-corrected chi connectivity index (χ0v) is 20.7. The first-order chi connectivity index (χ1) is 18.0. The van der Waals surface area contributed by atoms with E-state index in [1.165, 1.54) is 50.5 Å². The minimum atomic E-state index is -5.15. The van der Waals surface area contributed by atoms with Crippen molar-refractivity contribution >= 4 is 29.2 Å². The molecule has 200 valence electrons. The Kier molecular flexibility index (Phi) is 8.66. The maximum absolute atomic E-state index is 13.7. The number of hydrogen-bond donors (Lipinski definition) is 1. The maximum atomic E-state index is 13.7. The molecular weight excluding hydrogens is 505 g/mol. The van der Waals surface area contributed by atoms with Gasteiger partial charge in [-0.15, -0.1) is 0 Å². The number of rotatable bonds is 8. The van der Waals surface area contributed by atoms with Gasteiger partial charge in [0.25, 0.3) is 11.3 Å². The van der Waals surface area contributed by atoms with Crippen molar-refractivity contribution in [2.24, 2.45) is 5.92 Å². The fourth-order valence-electron chi connectivity index (χ4n) is 3.76. The van der Waals surface area contributed by atoms with Crippen LogP contribution >= 0.6 is 0 Å². The first-order valence-corrected chi connectivity index (χ1v) is 11.4. The molecule has 3 rings (SSSR count). The van der Waals surface area contributed by atoms with Crippen LogP contribution in [0.3, 0.4) is 0 Å². The minimum Gasteiger partial charge on any atom is -0.452 e. The number of nitrogens with one attached hydrogen (secondary N) is 1. The number of Topliss-reactive ketones (excluding diaryl/α,β-unsaturated/α-hetero) is 1. The molecule has 0 saturated carbocycles. The van der Waals surface area contributed by atoms with Gasteiger partial charge in [0.05, 0.1) is 24.5 Å². The summed E-state index contributed by atoms with van der Waals surface area (Å²) in [6.45, 7) is 2.00. The number of anilines is 2. The Bertz CT molecular complexity index is 1360. The third-order valence-corrected chi connectivity index (χ3v) is 5.59. The Morgan fingerprint density at radius 2 is 1.66 bits per heavy atom. The number of carbonyl (C=O) groups excluding carboxylic acids is 3. The smallest absolute Gasteiger partial charge is 0.452 e. The third kappa shape index (κ3) is 6.25. The molecule has 1 aromatic carbocycles. The van der Waals surface area contributed by atoms with Crippen molar-refractivity contribution in [1.29, 1.82) is 0 Å². The van der Waals surface area contributed by atoms with Crippen molar-refractivity contribution < 1.29 is 32.3 Å². The second-order valence-corrected chi connectivity index (χ2v) is 8.52. The van der Waals surface area contributed by atoms with E-state index in [2.05, 4.69) is 10.3 Å². The molecular formula is C26H25F3N4O5. The molecule has 0 saturated heterocycles. The summed E-state index contributed by atoms with van der Waals surface area (Å²) in [7, 11) is 1.13. The lowest BCUT2D eigenvalue weighted by atomic mass is 9.99. The molecule has 0 aliphatic heterocycles. The van der Waals surface area contributed by atoms with Gasteiger partial charge < -0.3 is 10.1 Å². The molecule has 2 heterocycles. The van der Waals surface area contributed by atoms with Crippen LogP contribution in [-0.4, -0.2) is 46.7 Å². The van der Waals surface area contributed by atoms with Crippen LogP contribution in [-0.2, 0) is 20.9 Å². The highest BCUT2D eigenvalue weighted by Gasteiger charge is 2.45. The zero-order chi connectivity index (χ0) is 28.0. The van der Waals surface area contributed by atoms with Gasteiger partial charge in [0, 0.05) is 12.4 Å². The first kappa shape index (κ1) is 28.1. The van der Waals surface area contributed by atoms with Crippen LogP contribution in [0.2, 0.25) is 0 Å². The topological polar surface area (TPSA) is 111 Å². The molecule has 1 atom stereocenters. The van der Waals surface area contributed by atoms with Crippen LogP contribution in [0.5, 0.6) is 0 Å². The number of ether oxygens (including phenoxy) is 1. The van der Waals surface area contributed by atoms with Crippen molar-refractivity contribution in [3.8, 4) is 11.3 Å². The Labute approximate surface area is 215 Å². The van der Waals surface area contributed by atoms with Crippen molar-refractivity contribution in [2.75, 3.05) is 12.0 Å². The molecule has 1 N–H and O–H groups in total. The molecule has 2 amide bonds. The van der Waals surface area contributed by atoms with Gasteiger partial charge in [0.2, 0.25) is 5.91 Å². The molecule has 0 aliphatic carbocycles. The predicted molar refractivity (Wildman–Crippen MR) is 133 cm³/mol. The summed E-state index contributed by atoms with van der Waals surface area (Å²) in [6.07, 6.45) is -3.24. The third-order valence-electron chi connectivity index (χ3n) is 5.59. The molecule has 0 bridgehead atoms. The zero-order valence-electron chi connectivity index (χ0n) is 20.7. The van der Waals surface area contributed by atoms with Gasteiger partial charge in [-0.1, -0.05) is 44.2 Å². The summed E-state index contributed by atoms with van der Waals surface area (Å²) < 4.78 is 45.1. The minimum absolute atomic E-state index is 0.178. The first-order valence-electron chi connectivity index (χ1n) is 11.4. The number of pyridine rings is 2. The molecule has 0 fully saturated rings. The lowest BCUT2D eigenvalue weighted by molar-refractivity contribution is -0.174. The summed E-state index contributed by atoms with van der Waals surface area (Å²) in [6, 6.07) is 12.5. The van der Waals surface area contributed by atoms with E-state index in [1.54, 1.807) is 30.3 Å². The second kappa shape index (κ2) is 11.7. The average Bonchev–Trinajstić information content (AvgIpc) is 2.89. The lowest BCUT2D eigenvalue weighted by Crippen LogP contribution is -2.51. The molecule has 3 aromatic rings. The number of alkyl halides is 3. The quantitative estimate of drug-likeness (QED) is 0.470. The standard InChI is InChI=1S/C26H25F3N4O5/c1-16(2)22(23(35)26(27,28)29)31-21(34)15-32-19(17-7-5-4-6-8-17)9-10-20(24(32)36)33(25(37)38-3)18-11-13-30-14-12-18/h4-14,16,22H,15H2,1-3H3,(H,31,34). The van der Waals surface area contributed by atoms with E-state index >= 15 is 0 Å². The Hall–Kier alpha value is -4.48. The number of halogens is 3. The Morgan fingerprint density at radius 1 is 1.03 bits per heavy atom. The lowest BCUT2D eigenvalue weighted by Gasteiger charge is -2.24. The average molecular weight is 531 g/mol. The monoisotopic (exact) mass is 530 g/mol. The van der Waals surface area contributed by atoms with E-state index in [9.17, 15) is 32.3 Å². The number of hydrogen-bond acceptors (Lipinski definition) is 6. The molecule has 0 aliphatic rings. The highest BCUT2D eigenvalue weighted by molar-refractivity contribution is 5.96. The normalized spacial score (nSPS) is 12.1. The number of ketones is 1. The van der Waals surface area contributed by atoms with E-state index in [1.807, 2.05) is 0 Å². The van der Waals surface area contributed by atoms with Crippen molar-refractivity contribution in [1.82, 2.24) is 14.9 Å². The summed E-state index contributed by atoms with van der Waals surface area (Å²) in [5.74, 6) is -3.96. The van der Waals surface area contributed by atoms with Gasteiger partial charge in [-0.25, -0.2) is 9.69 Å². The highest BCUT2D eigenvalue weighted by Crippen LogP contribution is 2.26. The Morgan fingerprint density at radius 3 is 2.21 bits per heavy atom. The van der Waals surface area contributed by atoms with Crippen molar-refractivity contribution in [3.05, 3.63) is 77.3 Å². The number of amides is 2. The van der Waals surface area contributed by atoms with Gasteiger partial charge >= 0.3 is 12.3 Å². The van der Waals surface area contributed by atoms with Crippen molar-refractivity contribution in [3.63, 3.8) is 0 Å². The maximum Gasteiger partial charge on any atom is 0.452 e. The van der Waals surface area contributed by atoms with Gasteiger partial charge in [0.15, 0.2) is 0 Å². The van der Waals surface area contributed by atoms with Crippen LogP contribution in [0.25, 0.3) is 11.3 Å². The predicted octanol–water partition coefficient (Wildman–Crippen LogP) is 4.09. The van der Waals surface area contributed by atoms with Crippen molar-refractivity contribution in [2.45, 2.75) is 32.6 Å². The van der Waals surface area contributed by atoms with Gasteiger partial charge in [-0.2, -0.15) is 13.2 Å². The van der Waals surface area contributed by atoms with Crippen LogP contribution in [0.4, 0.5) is 29.3 Å². The SMILES string of the molecule is COC(=O)N(c1ccncc1)c1ccc(-c2ccccc2)n(CC(=O)NC(C(=O)C(F)(F)F)C(C)C)c1=O. The fourth-order valence-corrected chi connectivity index (χ4v) is 3.76. The molecule has 12 heteroatoms. The van der Waals surface area contributed by atoms with Crippen LogP contribution < -0.4 is 15.8 Å². The van der Waals surface area contributed by atoms with Crippen LogP contribution in [0.1, 0.15) is 13.8 Å². The van der Waals surface area contributed by atoms with E-state index in [-0.39, 0.29) is 17.1 Å².